The summed E-state index contributed by atoms with van der Waals surface area (Å²) in [5.41, 5.74) is 0.239. The van der Waals surface area contributed by atoms with Crippen LogP contribution < -0.4 is 5.32 Å². The lowest BCUT2D eigenvalue weighted by molar-refractivity contribution is -0.156. The van der Waals surface area contributed by atoms with Crippen molar-refractivity contribution < 1.29 is 13.2 Å². The van der Waals surface area contributed by atoms with Crippen molar-refractivity contribution in [3.8, 4) is 0 Å². The molecule has 1 N–H and O–H groups in total. The largest absolute Gasteiger partial charge is 0.407 e. The number of hydrogen-bond donors (Lipinski definition) is 1. The molecule has 1 atom stereocenters. The van der Waals surface area contributed by atoms with Gasteiger partial charge in [0.05, 0.1) is 0 Å². The topological polar surface area (TPSA) is 12.0 Å². The molecule has 5 heteroatoms. The van der Waals surface area contributed by atoms with E-state index in [1.54, 1.807) is 12.1 Å². The standard InChI is InChI=1S/C10H12F3NS/c1-14-9(10(11,12)13)7-3-5-8(15-2)6-4-7/h3-6,9,14H,1-2H3. The van der Waals surface area contributed by atoms with Gasteiger partial charge in [0, 0.05) is 4.90 Å². The van der Waals surface area contributed by atoms with Gasteiger partial charge in [-0.05, 0) is 31.0 Å². The summed E-state index contributed by atoms with van der Waals surface area (Å²) in [6, 6.07) is 4.79. The van der Waals surface area contributed by atoms with E-state index in [1.807, 2.05) is 6.26 Å². The summed E-state index contributed by atoms with van der Waals surface area (Å²) < 4.78 is 37.6. The molecule has 1 rings (SSSR count). The summed E-state index contributed by atoms with van der Waals surface area (Å²) in [6.45, 7) is 0. The van der Waals surface area contributed by atoms with Crippen LogP contribution in [0.1, 0.15) is 11.6 Å². The molecule has 0 saturated heterocycles. The fourth-order valence-electron chi connectivity index (χ4n) is 1.32. The van der Waals surface area contributed by atoms with E-state index in [-0.39, 0.29) is 5.56 Å². The molecule has 1 nitrogen and oxygen atoms in total. The van der Waals surface area contributed by atoms with Crippen molar-refractivity contribution in [3.05, 3.63) is 29.8 Å². The van der Waals surface area contributed by atoms with E-state index in [1.165, 1.54) is 30.9 Å². The van der Waals surface area contributed by atoms with Gasteiger partial charge in [-0.2, -0.15) is 13.2 Å². The first-order chi connectivity index (χ1) is 6.99. The minimum absolute atomic E-state index is 0.239. The van der Waals surface area contributed by atoms with Gasteiger partial charge in [-0.1, -0.05) is 12.1 Å². The highest BCUT2D eigenvalue weighted by Crippen LogP contribution is 2.32. The Hall–Kier alpha value is -0.680. The number of thioether (sulfide) groups is 1. The molecule has 0 aromatic heterocycles. The van der Waals surface area contributed by atoms with Crippen LogP contribution in [0.4, 0.5) is 13.2 Å². The molecular weight excluding hydrogens is 223 g/mol. The van der Waals surface area contributed by atoms with Crippen molar-refractivity contribution in [2.45, 2.75) is 17.1 Å². The van der Waals surface area contributed by atoms with Crippen LogP contribution in [0, 0.1) is 0 Å². The first kappa shape index (κ1) is 12.4. The van der Waals surface area contributed by atoms with E-state index in [0.717, 1.165) is 4.90 Å². The zero-order valence-corrected chi connectivity index (χ0v) is 9.25. The maximum atomic E-state index is 12.5. The zero-order chi connectivity index (χ0) is 11.5. The Morgan fingerprint density at radius 2 is 1.73 bits per heavy atom. The summed E-state index contributed by atoms with van der Waals surface area (Å²) in [6.07, 6.45) is -2.37. The third kappa shape index (κ3) is 3.14. The molecule has 0 bridgehead atoms. The average molecular weight is 235 g/mol. The second-order valence-electron chi connectivity index (χ2n) is 3.04. The van der Waals surface area contributed by atoms with Gasteiger partial charge >= 0.3 is 6.18 Å². The Morgan fingerprint density at radius 3 is 2.07 bits per heavy atom. The molecule has 1 unspecified atom stereocenters. The lowest BCUT2D eigenvalue weighted by atomic mass is 10.1. The molecule has 0 aliphatic carbocycles. The van der Waals surface area contributed by atoms with Gasteiger partial charge in [0.15, 0.2) is 0 Å². The predicted octanol–water partition coefficient (Wildman–Crippen LogP) is 3.23. The van der Waals surface area contributed by atoms with Crippen molar-refractivity contribution in [2.24, 2.45) is 0 Å². The molecule has 0 radical (unpaired) electrons. The first-order valence-corrected chi connectivity index (χ1v) is 5.59. The van der Waals surface area contributed by atoms with Crippen molar-refractivity contribution >= 4 is 11.8 Å². The number of benzene rings is 1. The molecule has 0 saturated carbocycles. The van der Waals surface area contributed by atoms with Crippen molar-refractivity contribution in [2.75, 3.05) is 13.3 Å². The molecule has 0 spiro atoms. The van der Waals surface area contributed by atoms with Gasteiger partial charge in [-0.15, -0.1) is 11.8 Å². The molecule has 1 aromatic rings. The SMILES string of the molecule is CNC(c1ccc(SC)cc1)C(F)(F)F. The summed E-state index contributed by atoms with van der Waals surface area (Å²) in [7, 11) is 1.31. The predicted molar refractivity (Wildman–Crippen MR) is 56.1 cm³/mol. The van der Waals surface area contributed by atoms with Crippen LogP contribution in [0.25, 0.3) is 0 Å². The third-order valence-electron chi connectivity index (χ3n) is 2.07. The molecule has 84 valence electrons. The molecular formula is C10H12F3NS. The summed E-state index contributed by atoms with van der Waals surface area (Å²) in [5, 5.41) is 2.26. The first-order valence-electron chi connectivity index (χ1n) is 4.37. The number of halogens is 3. The van der Waals surface area contributed by atoms with Crippen molar-refractivity contribution in [3.63, 3.8) is 0 Å². The molecule has 0 fully saturated rings. The van der Waals surface area contributed by atoms with Crippen molar-refractivity contribution in [1.29, 1.82) is 0 Å². The molecule has 15 heavy (non-hydrogen) atoms. The van der Waals surface area contributed by atoms with Gasteiger partial charge in [-0.3, -0.25) is 0 Å². The Kier molecular flexibility index (Phi) is 4.04. The van der Waals surface area contributed by atoms with Crippen LogP contribution in [0.15, 0.2) is 29.2 Å². The summed E-state index contributed by atoms with van der Waals surface area (Å²) in [4.78, 5) is 0.954. The second-order valence-corrected chi connectivity index (χ2v) is 3.92. The third-order valence-corrected chi connectivity index (χ3v) is 2.81. The highest BCUT2D eigenvalue weighted by Gasteiger charge is 2.39. The maximum absolute atomic E-state index is 12.5. The monoisotopic (exact) mass is 235 g/mol. The van der Waals surface area contributed by atoms with E-state index in [2.05, 4.69) is 5.32 Å². The number of nitrogens with one attached hydrogen (secondary N) is 1. The quantitative estimate of drug-likeness (QED) is 0.807. The molecule has 0 heterocycles. The van der Waals surface area contributed by atoms with Crippen LogP contribution in [-0.4, -0.2) is 19.5 Å². The van der Waals surface area contributed by atoms with Gasteiger partial charge < -0.3 is 5.32 Å². The smallest absolute Gasteiger partial charge is 0.306 e. The van der Waals surface area contributed by atoms with E-state index in [0.29, 0.717) is 0 Å². The van der Waals surface area contributed by atoms with Crippen molar-refractivity contribution in [1.82, 2.24) is 5.32 Å². The van der Waals surface area contributed by atoms with E-state index in [4.69, 9.17) is 0 Å². The average Bonchev–Trinajstić information content (AvgIpc) is 2.18. The second kappa shape index (κ2) is 4.90. The van der Waals surface area contributed by atoms with Gasteiger partial charge in [-0.25, -0.2) is 0 Å². The minimum Gasteiger partial charge on any atom is -0.306 e. The lowest BCUT2D eigenvalue weighted by Crippen LogP contribution is -2.31. The van der Waals surface area contributed by atoms with Crippen LogP contribution in [0.3, 0.4) is 0 Å². The van der Waals surface area contributed by atoms with E-state index >= 15 is 0 Å². The molecule has 0 amide bonds. The Morgan fingerprint density at radius 1 is 1.20 bits per heavy atom. The van der Waals surface area contributed by atoms with Gasteiger partial charge in [0.25, 0.3) is 0 Å². The minimum atomic E-state index is -4.25. The van der Waals surface area contributed by atoms with Gasteiger partial charge in [0.1, 0.15) is 6.04 Å². The maximum Gasteiger partial charge on any atom is 0.407 e. The van der Waals surface area contributed by atoms with Crippen LogP contribution in [-0.2, 0) is 0 Å². The fourth-order valence-corrected chi connectivity index (χ4v) is 1.72. The highest BCUT2D eigenvalue weighted by atomic mass is 32.2. The van der Waals surface area contributed by atoms with Crippen LogP contribution >= 0.6 is 11.8 Å². The zero-order valence-electron chi connectivity index (χ0n) is 8.43. The lowest BCUT2D eigenvalue weighted by Gasteiger charge is -2.19. The molecule has 0 aliphatic heterocycles. The Labute approximate surface area is 91.1 Å². The number of alkyl halides is 3. The van der Waals surface area contributed by atoms with E-state index in [9.17, 15) is 13.2 Å². The normalized spacial score (nSPS) is 13.9. The van der Waals surface area contributed by atoms with Crippen LogP contribution in [0.2, 0.25) is 0 Å². The Bertz CT molecular complexity index is 307. The fraction of sp³-hybridized carbons (Fsp3) is 0.400. The molecule has 1 aromatic carbocycles. The number of rotatable bonds is 3. The summed E-state index contributed by atoms with van der Waals surface area (Å²) in [5.74, 6) is 0. The highest BCUT2D eigenvalue weighted by molar-refractivity contribution is 7.98. The van der Waals surface area contributed by atoms with E-state index < -0.39 is 12.2 Å². The number of hydrogen-bond acceptors (Lipinski definition) is 2. The van der Waals surface area contributed by atoms with Crippen LogP contribution in [0.5, 0.6) is 0 Å². The van der Waals surface area contributed by atoms with Gasteiger partial charge in [0.2, 0.25) is 0 Å². The summed E-state index contributed by atoms with van der Waals surface area (Å²) >= 11 is 1.50. The molecule has 0 aliphatic rings. The Balaban J connectivity index is 2.93.